The van der Waals surface area contributed by atoms with E-state index >= 15 is 0 Å². The number of carbonyl (C=O) groups excluding carboxylic acids is 2. The Kier molecular flexibility index (Phi) is 7.19. The third-order valence-electron chi connectivity index (χ3n) is 2.61. The largest absolute Gasteiger partial charge is 0.467 e. The molecule has 0 saturated heterocycles. The minimum absolute atomic E-state index is 0.188. The van der Waals surface area contributed by atoms with Crippen molar-refractivity contribution in [2.75, 3.05) is 7.11 Å². The minimum Gasteiger partial charge on any atom is -0.467 e. The number of thiophene rings is 1. The number of hydrogen-bond donors (Lipinski definition) is 1. The van der Waals surface area contributed by atoms with Crippen LogP contribution >= 0.6 is 43.2 Å². The molecule has 0 aromatic carbocycles. The average Bonchev–Trinajstić information content (AvgIpc) is 2.65. The van der Waals surface area contributed by atoms with Crippen molar-refractivity contribution in [2.45, 2.75) is 32.7 Å². The standard InChI is InChI=1S/C13H17Br2NO3S/c1-7(2)4-9(13(18)19-3)16-11(17)6-8-5-10(14)20-12(8)15/h5,7,9H,4,6H2,1-3H3,(H,16,17)/t9-/m0/s1. The molecule has 0 aliphatic rings. The summed E-state index contributed by atoms with van der Waals surface area (Å²) < 4.78 is 6.60. The molecule has 1 N–H and O–H groups in total. The summed E-state index contributed by atoms with van der Waals surface area (Å²) in [6, 6.07) is 1.30. The van der Waals surface area contributed by atoms with Crippen LogP contribution in [0.2, 0.25) is 0 Å². The number of nitrogens with one attached hydrogen (secondary N) is 1. The van der Waals surface area contributed by atoms with E-state index in [0.717, 1.165) is 13.1 Å². The lowest BCUT2D eigenvalue weighted by atomic mass is 10.0. The zero-order valence-electron chi connectivity index (χ0n) is 11.5. The normalized spacial score (nSPS) is 12.3. The number of halogens is 2. The van der Waals surface area contributed by atoms with Crippen molar-refractivity contribution in [1.82, 2.24) is 5.32 Å². The SMILES string of the molecule is COC(=O)[C@H](CC(C)C)NC(=O)Cc1cc(Br)sc1Br. The van der Waals surface area contributed by atoms with Crippen LogP contribution in [0.25, 0.3) is 0 Å². The quantitative estimate of drug-likeness (QED) is 0.708. The Labute approximate surface area is 139 Å². The second-order valence-electron chi connectivity index (χ2n) is 4.80. The molecule has 0 aliphatic carbocycles. The van der Waals surface area contributed by atoms with Crippen LogP contribution < -0.4 is 5.32 Å². The summed E-state index contributed by atoms with van der Waals surface area (Å²) in [5.74, 6) is -0.300. The highest BCUT2D eigenvalue weighted by molar-refractivity contribution is 9.12. The fraction of sp³-hybridized carbons (Fsp3) is 0.538. The average molecular weight is 427 g/mol. The van der Waals surface area contributed by atoms with E-state index in [2.05, 4.69) is 37.2 Å². The molecule has 4 nitrogen and oxygen atoms in total. The van der Waals surface area contributed by atoms with Gasteiger partial charge in [-0.25, -0.2) is 4.79 Å². The predicted molar refractivity (Wildman–Crippen MR) is 86.8 cm³/mol. The third kappa shape index (κ3) is 5.54. The van der Waals surface area contributed by atoms with Crippen molar-refractivity contribution in [3.8, 4) is 0 Å². The van der Waals surface area contributed by atoms with Crippen molar-refractivity contribution < 1.29 is 14.3 Å². The van der Waals surface area contributed by atoms with E-state index in [9.17, 15) is 9.59 Å². The highest BCUT2D eigenvalue weighted by Gasteiger charge is 2.23. The zero-order chi connectivity index (χ0) is 15.3. The smallest absolute Gasteiger partial charge is 0.328 e. The van der Waals surface area contributed by atoms with Gasteiger partial charge in [0.25, 0.3) is 0 Å². The summed E-state index contributed by atoms with van der Waals surface area (Å²) in [5, 5.41) is 2.74. The van der Waals surface area contributed by atoms with Crippen LogP contribution in [0.15, 0.2) is 13.6 Å². The maximum atomic E-state index is 12.0. The molecule has 1 heterocycles. The van der Waals surface area contributed by atoms with E-state index in [1.165, 1.54) is 18.4 Å². The number of hydrogen-bond acceptors (Lipinski definition) is 4. The molecule has 0 radical (unpaired) electrons. The van der Waals surface area contributed by atoms with E-state index in [4.69, 9.17) is 4.74 Å². The summed E-state index contributed by atoms with van der Waals surface area (Å²) in [7, 11) is 1.33. The molecule has 7 heteroatoms. The van der Waals surface area contributed by atoms with Gasteiger partial charge >= 0.3 is 5.97 Å². The van der Waals surface area contributed by atoms with E-state index in [-0.39, 0.29) is 12.3 Å². The summed E-state index contributed by atoms with van der Waals surface area (Å²) in [5.41, 5.74) is 0.896. The summed E-state index contributed by atoms with van der Waals surface area (Å²) >= 11 is 8.30. The van der Waals surface area contributed by atoms with Crippen molar-refractivity contribution >= 4 is 55.1 Å². The molecule has 0 unspecified atom stereocenters. The maximum absolute atomic E-state index is 12.0. The van der Waals surface area contributed by atoms with Crippen LogP contribution in [-0.2, 0) is 20.7 Å². The summed E-state index contributed by atoms with van der Waals surface area (Å²) in [6.07, 6.45) is 0.793. The Hall–Kier alpha value is -0.400. The zero-order valence-corrected chi connectivity index (χ0v) is 15.5. The Morgan fingerprint density at radius 1 is 1.40 bits per heavy atom. The molecule has 1 rings (SSSR count). The number of methoxy groups -OCH3 is 1. The minimum atomic E-state index is -0.589. The van der Waals surface area contributed by atoms with Crippen LogP contribution in [0.5, 0.6) is 0 Å². The molecule has 112 valence electrons. The molecule has 0 aliphatic heterocycles. The Morgan fingerprint density at radius 2 is 2.05 bits per heavy atom. The van der Waals surface area contributed by atoms with Crippen LogP contribution in [-0.4, -0.2) is 25.0 Å². The Morgan fingerprint density at radius 3 is 2.50 bits per heavy atom. The summed E-state index contributed by atoms with van der Waals surface area (Å²) in [4.78, 5) is 23.7. The van der Waals surface area contributed by atoms with E-state index in [1.807, 2.05) is 19.9 Å². The predicted octanol–water partition coefficient (Wildman–Crippen LogP) is 3.52. The van der Waals surface area contributed by atoms with Gasteiger partial charge in [-0.05, 0) is 55.8 Å². The fourth-order valence-corrected chi connectivity index (χ4v) is 4.57. The summed E-state index contributed by atoms with van der Waals surface area (Å²) in [6.45, 7) is 3.99. The first-order chi connectivity index (χ1) is 9.33. The number of rotatable bonds is 6. The maximum Gasteiger partial charge on any atom is 0.328 e. The lowest BCUT2D eigenvalue weighted by molar-refractivity contribution is -0.145. The highest BCUT2D eigenvalue weighted by Crippen LogP contribution is 2.32. The molecule has 1 aromatic heterocycles. The molecule has 1 aromatic rings. The number of ether oxygens (including phenoxy) is 1. The van der Waals surface area contributed by atoms with Crippen LogP contribution in [0.1, 0.15) is 25.8 Å². The first-order valence-corrected chi connectivity index (χ1v) is 8.54. The van der Waals surface area contributed by atoms with Gasteiger partial charge in [0.15, 0.2) is 0 Å². The molecule has 0 bridgehead atoms. The molecule has 1 atom stereocenters. The first-order valence-electron chi connectivity index (χ1n) is 6.14. The van der Waals surface area contributed by atoms with E-state index in [1.54, 1.807) is 0 Å². The number of carbonyl (C=O) groups is 2. The fourth-order valence-electron chi connectivity index (χ4n) is 1.74. The van der Waals surface area contributed by atoms with Gasteiger partial charge in [0.1, 0.15) is 6.04 Å². The van der Waals surface area contributed by atoms with Gasteiger partial charge in [0.05, 0.1) is 21.1 Å². The van der Waals surface area contributed by atoms with E-state index in [0.29, 0.717) is 12.3 Å². The molecule has 0 fully saturated rings. The molecule has 20 heavy (non-hydrogen) atoms. The van der Waals surface area contributed by atoms with Gasteiger partial charge in [-0.1, -0.05) is 13.8 Å². The Bertz CT molecular complexity index is 488. The molecular formula is C13H17Br2NO3S. The second kappa shape index (κ2) is 8.14. The van der Waals surface area contributed by atoms with Gasteiger partial charge in [-0.15, -0.1) is 11.3 Å². The first kappa shape index (κ1) is 17.7. The van der Waals surface area contributed by atoms with Gasteiger partial charge in [0, 0.05) is 0 Å². The van der Waals surface area contributed by atoms with Crippen LogP contribution in [0.4, 0.5) is 0 Å². The highest BCUT2D eigenvalue weighted by atomic mass is 79.9. The second-order valence-corrected chi connectivity index (χ2v) is 8.55. The van der Waals surface area contributed by atoms with Gasteiger partial charge in [0.2, 0.25) is 5.91 Å². The number of amides is 1. The van der Waals surface area contributed by atoms with Crippen molar-refractivity contribution in [1.29, 1.82) is 0 Å². The molecular weight excluding hydrogens is 410 g/mol. The van der Waals surface area contributed by atoms with Crippen LogP contribution in [0.3, 0.4) is 0 Å². The van der Waals surface area contributed by atoms with Crippen molar-refractivity contribution in [3.63, 3.8) is 0 Å². The lowest BCUT2D eigenvalue weighted by Gasteiger charge is -2.18. The van der Waals surface area contributed by atoms with Gasteiger partial charge in [-0.3, -0.25) is 4.79 Å². The van der Waals surface area contributed by atoms with Gasteiger partial charge in [-0.2, -0.15) is 0 Å². The van der Waals surface area contributed by atoms with E-state index < -0.39 is 12.0 Å². The van der Waals surface area contributed by atoms with Crippen molar-refractivity contribution in [2.24, 2.45) is 5.92 Å². The molecule has 0 saturated carbocycles. The van der Waals surface area contributed by atoms with Crippen molar-refractivity contribution in [3.05, 3.63) is 19.2 Å². The molecule has 1 amide bonds. The monoisotopic (exact) mass is 425 g/mol. The van der Waals surface area contributed by atoms with Crippen LogP contribution in [0, 0.1) is 5.92 Å². The third-order valence-corrected chi connectivity index (χ3v) is 5.07. The number of esters is 1. The molecule has 0 spiro atoms. The Balaban J connectivity index is 2.66. The van der Waals surface area contributed by atoms with Gasteiger partial charge < -0.3 is 10.1 Å². The topological polar surface area (TPSA) is 55.4 Å². The lowest BCUT2D eigenvalue weighted by Crippen LogP contribution is -2.43.